The SMILES string of the molecule is O=C(NC1CC1)[C@@H]1CN(Cc2ccc3c(c2)OCO3)C[C@H]2OCC[C@H]21.O=C(O)C(F)(F)F. The van der Waals surface area contributed by atoms with Gasteiger partial charge in [0.05, 0.1) is 12.0 Å². The van der Waals surface area contributed by atoms with Crippen LogP contribution >= 0.6 is 0 Å². The summed E-state index contributed by atoms with van der Waals surface area (Å²) in [5.41, 5.74) is 1.18. The number of aliphatic carboxylic acids is 1. The molecule has 32 heavy (non-hydrogen) atoms. The Morgan fingerprint density at radius 3 is 2.53 bits per heavy atom. The van der Waals surface area contributed by atoms with E-state index < -0.39 is 12.1 Å². The summed E-state index contributed by atoms with van der Waals surface area (Å²) in [5, 5.41) is 10.3. The molecule has 0 aromatic heterocycles. The van der Waals surface area contributed by atoms with Crippen LogP contribution < -0.4 is 14.8 Å². The van der Waals surface area contributed by atoms with Crippen LogP contribution in [0.4, 0.5) is 13.2 Å². The zero-order valence-corrected chi connectivity index (χ0v) is 17.3. The number of carbonyl (C=O) groups excluding carboxylic acids is 1. The van der Waals surface area contributed by atoms with E-state index in [1.807, 2.05) is 12.1 Å². The van der Waals surface area contributed by atoms with Crippen LogP contribution in [-0.4, -0.2) is 66.7 Å². The summed E-state index contributed by atoms with van der Waals surface area (Å²) in [6.07, 6.45) is -1.64. The summed E-state index contributed by atoms with van der Waals surface area (Å²) in [6.45, 7) is 3.57. The molecule has 0 bridgehead atoms. The lowest BCUT2D eigenvalue weighted by atomic mass is 9.82. The lowest BCUT2D eigenvalue weighted by Crippen LogP contribution is -2.52. The van der Waals surface area contributed by atoms with E-state index in [9.17, 15) is 18.0 Å². The van der Waals surface area contributed by atoms with Crippen molar-refractivity contribution in [2.45, 2.75) is 44.1 Å². The van der Waals surface area contributed by atoms with E-state index in [1.54, 1.807) is 0 Å². The van der Waals surface area contributed by atoms with Crippen LogP contribution in [0.5, 0.6) is 11.5 Å². The van der Waals surface area contributed by atoms with Gasteiger partial charge in [0, 0.05) is 38.2 Å². The molecule has 11 heteroatoms. The maximum Gasteiger partial charge on any atom is 0.490 e. The number of carboxylic acids is 1. The number of nitrogens with one attached hydrogen (secondary N) is 1. The first kappa shape index (κ1) is 22.7. The van der Waals surface area contributed by atoms with Crippen LogP contribution in [0.1, 0.15) is 24.8 Å². The number of ether oxygens (including phenoxy) is 3. The third-order valence-electron chi connectivity index (χ3n) is 6.02. The molecule has 0 spiro atoms. The van der Waals surface area contributed by atoms with Crippen molar-refractivity contribution < 1.29 is 42.1 Å². The molecule has 4 aliphatic rings. The van der Waals surface area contributed by atoms with Crippen molar-refractivity contribution in [2.75, 3.05) is 26.5 Å². The molecule has 1 saturated carbocycles. The highest BCUT2D eigenvalue weighted by Crippen LogP contribution is 2.36. The van der Waals surface area contributed by atoms with Crippen molar-refractivity contribution in [3.05, 3.63) is 23.8 Å². The van der Waals surface area contributed by atoms with E-state index in [-0.39, 0.29) is 17.9 Å². The van der Waals surface area contributed by atoms with Crippen molar-refractivity contribution in [1.82, 2.24) is 10.2 Å². The number of piperidine rings is 1. The van der Waals surface area contributed by atoms with Crippen LogP contribution in [0.25, 0.3) is 0 Å². The van der Waals surface area contributed by atoms with E-state index in [0.29, 0.717) is 18.8 Å². The Hall–Kier alpha value is -2.53. The smallest absolute Gasteiger partial charge is 0.475 e. The molecule has 1 aliphatic carbocycles. The Balaban J connectivity index is 0.000000307. The van der Waals surface area contributed by atoms with Crippen LogP contribution in [0, 0.1) is 11.8 Å². The molecule has 176 valence electrons. The molecule has 0 unspecified atom stereocenters. The molecule has 3 heterocycles. The fraction of sp³-hybridized carbons (Fsp3) is 0.619. The van der Waals surface area contributed by atoms with Gasteiger partial charge in [0.25, 0.3) is 0 Å². The average molecular weight is 458 g/mol. The lowest BCUT2D eigenvalue weighted by Gasteiger charge is -2.39. The van der Waals surface area contributed by atoms with Crippen LogP contribution in [0.15, 0.2) is 18.2 Å². The largest absolute Gasteiger partial charge is 0.490 e. The predicted octanol–water partition coefficient (Wildman–Crippen LogP) is 2.16. The van der Waals surface area contributed by atoms with Crippen LogP contribution in [0.3, 0.4) is 0 Å². The van der Waals surface area contributed by atoms with E-state index in [4.69, 9.17) is 24.1 Å². The van der Waals surface area contributed by atoms with Gasteiger partial charge in [-0.1, -0.05) is 6.07 Å². The van der Waals surface area contributed by atoms with Gasteiger partial charge in [-0.15, -0.1) is 0 Å². The fourth-order valence-corrected chi connectivity index (χ4v) is 4.30. The van der Waals surface area contributed by atoms with E-state index in [2.05, 4.69) is 16.3 Å². The first-order valence-electron chi connectivity index (χ1n) is 10.5. The highest BCUT2D eigenvalue weighted by molar-refractivity contribution is 5.80. The quantitative estimate of drug-likeness (QED) is 0.714. The summed E-state index contributed by atoms with van der Waals surface area (Å²) in [5.74, 6) is -0.510. The number of amides is 1. The third kappa shape index (κ3) is 5.44. The van der Waals surface area contributed by atoms with Crippen LogP contribution in [-0.2, 0) is 20.9 Å². The first-order chi connectivity index (χ1) is 15.2. The van der Waals surface area contributed by atoms with Crippen LogP contribution in [0.2, 0.25) is 0 Å². The molecule has 0 radical (unpaired) electrons. The van der Waals surface area contributed by atoms with Crippen molar-refractivity contribution in [3.8, 4) is 11.5 Å². The van der Waals surface area contributed by atoms with Crippen molar-refractivity contribution in [3.63, 3.8) is 0 Å². The Morgan fingerprint density at radius 1 is 1.12 bits per heavy atom. The minimum absolute atomic E-state index is 0.0378. The monoisotopic (exact) mass is 458 g/mol. The number of nitrogens with zero attached hydrogens (tertiary/aromatic N) is 1. The minimum Gasteiger partial charge on any atom is -0.475 e. The van der Waals surface area contributed by atoms with E-state index in [1.165, 1.54) is 5.56 Å². The molecule has 2 saturated heterocycles. The number of carboxylic acid groups (broad SMARTS) is 1. The molecule has 1 aromatic carbocycles. The molecule has 3 aliphatic heterocycles. The first-order valence-corrected chi connectivity index (χ1v) is 10.5. The number of alkyl halides is 3. The lowest BCUT2D eigenvalue weighted by molar-refractivity contribution is -0.192. The van der Waals surface area contributed by atoms with Crippen molar-refractivity contribution in [1.29, 1.82) is 0 Å². The second-order valence-electron chi connectivity index (χ2n) is 8.44. The molecule has 3 atom stereocenters. The van der Waals surface area contributed by atoms with Gasteiger partial charge in [-0.3, -0.25) is 9.69 Å². The Bertz CT molecular complexity index is 860. The van der Waals surface area contributed by atoms with Gasteiger partial charge >= 0.3 is 12.1 Å². The molecular formula is C21H25F3N2O6. The summed E-state index contributed by atoms with van der Waals surface area (Å²) < 4.78 is 48.5. The zero-order valence-electron chi connectivity index (χ0n) is 17.3. The number of benzene rings is 1. The van der Waals surface area contributed by atoms with E-state index in [0.717, 1.165) is 57.0 Å². The maximum atomic E-state index is 12.7. The maximum absolute atomic E-state index is 12.7. The average Bonchev–Trinajstić information content (AvgIpc) is 3.22. The number of hydrogen-bond donors (Lipinski definition) is 2. The highest BCUT2D eigenvalue weighted by Gasteiger charge is 2.44. The molecule has 8 nitrogen and oxygen atoms in total. The molecular weight excluding hydrogens is 433 g/mol. The number of rotatable bonds is 4. The van der Waals surface area contributed by atoms with Gasteiger partial charge < -0.3 is 24.6 Å². The number of halogens is 3. The topological polar surface area (TPSA) is 97.3 Å². The van der Waals surface area contributed by atoms with Gasteiger partial charge in [0.15, 0.2) is 11.5 Å². The number of carbonyl (C=O) groups is 2. The van der Waals surface area contributed by atoms with Crippen molar-refractivity contribution >= 4 is 11.9 Å². The number of fused-ring (bicyclic) bond motifs is 2. The highest BCUT2D eigenvalue weighted by atomic mass is 19.4. The van der Waals surface area contributed by atoms with Gasteiger partial charge in [0.1, 0.15) is 0 Å². The molecule has 5 rings (SSSR count). The Labute approximate surface area is 182 Å². The third-order valence-corrected chi connectivity index (χ3v) is 6.02. The number of hydrogen-bond acceptors (Lipinski definition) is 6. The second kappa shape index (κ2) is 9.14. The van der Waals surface area contributed by atoms with Gasteiger partial charge in [-0.05, 0) is 37.0 Å². The van der Waals surface area contributed by atoms with Crippen molar-refractivity contribution in [2.24, 2.45) is 11.8 Å². The molecule has 2 N–H and O–H groups in total. The summed E-state index contributed by atoms with van der Waals surface area (Å²) >= 11 is 0. The minimum atomic E-state index is -5.08. The summed E-state index contributed by atoms with van der Waals surface area (Å²) in [7, 11) is 0. The molecule has 1 amide bonds. The standard InChI is InChI=1S/C19H24N2O4.C2HF3O2/c22-19(20-13-2-3-13)15-9-21(10-18-14(15)5-6-23-18)8-12-1-4-16-17(7-12)25-11-24-16;3-2(4,5)1(6)7/h1,4,7,13-15,18H,2-3,5-6,8-11H2,(H,20,22);(H,6,7)/t14-,15+,18+;/m0./s1. The Kier molecular flexibility index (Phi) is 6.47. The summed E-state index contributed by atoms with van der Waals surface area (Å²) in [6, 6.07) is 6.50. The second-order valence-corrected chi connectivity index (χ2v) is 8.44. The van der Waals surface area contributed by atoms with E-state index >= 15 is 0 Å². The van der Waals surface area contributed by atoms with Gasteiger partial charge in [-0.2, -0.15) is 13.2 Å². The zero-order chi connectivity index (χ0) is 22.9. The number of likely N-dealkylation sites (tertiary alicyclic amines) is 1. The fourth-order valence-electron chi connectivity index (χ4n) is 4.30. The van der Waals surface area contributed by atoms with Gasteiger partial charge in [-0.25, -0.2) is 4.79 Å². The normalized spacial score (nSPS) is 26.7. The predicted molar refractivity (Wildman–Crippen MR) is 104 cm³/mol. The molecule has 3 fully saturated rings. The van der Waals surface area contributed by atoms with Gasteiger partial charge in [0.2, 0.25) is 12.7 Å². The molecule has 1 aromatic rings. The summed E-state index contributed by atoms with van der Waals surface area (Å²) in [4.78, 5) is 24.0. The Morgan fingerprint density at radius 2 is 1.84 bits per heavy atom.